The number of amides is 1. The van der Waals surface area contributed by atoms with Crippen LogP contribution in [0.2, 0.25) is 0 Å². The van der Waals surface area contributed by atoms with Gasteiger partial charge in [0.25, 0.3) is 5.91 Å². The first-order valence-electron chi connectivity index (χ1n) is 8.23. The molecule has 0 saturated carbocycles. The van der Waals surface area contributed by atoms with Crippen LogP contribution in [0.4, 0.5) is 11.6 Å². The van der Waals surface area contributed by atoms with Gasteiger partial charge in [0, 0.05) is 6.07 Å². The van der Waals surface area contributed by atoms with Gasteiger partial charge in [-0.25, -0.2) is 4.79 Å². The van der Waals surface area contributed by atoms with E-state index >= 15 is 0 Å². The third-order valence-electron chi connectivity index (χ3n) is 3.59. The molecule has 0 radical (unpaired) electrons. The average Bonchev–Trinajstić information content (AvgIpc) is 2.96. The molecule has 0 aliphatic carbocycles. The third-order valence-corrected chi connectivity index (χ3v) is 3.59. The van der Waals surface area contributed by atoms with Crippen LogP contribution in [0.15, 0.2) is 28.7 Å². The van der Waals surface area contributed by atoms with Gasteiger partial charge in [0.2, 0.25) is 5.88 Å². The number of ether oxygens (including phenoxy) is 2. The molecular formula is C18H18N2O8. The number of carbonyl (C=O) groups excluding carboxylic acids is 3. The minimum Gasteiger partial charge on any atom is -0.477 e. The molecule has 0 aliphatic rings. The molecule has 1 aromatic heterocycles. The predicted octanol–water partition coefficient (Wildman–Crippen LogP) is 2.89. The fraction of sp³-hybridized carbons (Fsp3) is 0.278. The highest BCUT2D eigenvalue weighted by molar-refractivity contribution is 6.10. The maximum atomic E-state index is 12.2. The van der Waals surface area contributed by atoms with Crippen LogP contribution in [0.1, 0.15) is 40.3 Å². The molecule has 0 fully saturated rings. The molecule has 1 amide bonds. The Morgan fingerprint density at radius 3 is 2.50 bits per heavy atom. The molecule has 28 heavy (non-hydrogen) atoms. The number of rotatable bonds is 8. The molecule has 0 atom stereocenters. The highest BCUT2D eigenvalue weighted by Gasteiger charge is 2.29. The van der Waals surface area contributed by atoms with Crippen molar-refractivity contribution in [3.63, 3.8) is 0 Å². The van der Waals surface area contributed by atoms with Gasteiger partial charge in [0.05, 0.1) is 17.1 Å². The number of nitro groups is 1. The van der Waals surface area contributed by atoms with Gasteiger partial charge in [-0.05, 0) is 26.8 Å². The van der Waals surface area contributed by atoms with E-state index in [4.69, 9.17) is 13.9 Å². The number of esters is 1. The second-order valence-corrected chi connectivity index (χ2v) is 5.58. The zero-order chi connectivity index (χ0) is 20.8. The molecule has 10 heteroatoms. The van der Waals surface area contributed by atoms with Crippen molar-refractivity contribution < 1.29 is 33.2 Å². The number of carbonyl (C=O) groups is 3. The Bertz CT molecular complexity index is 932. The molecule has 2 rings (SSSR count). The van der Waals surface area contributed by atoms with Gasteiger partial charge in [-0.15, -0.1) is 0 Å². The van der Waals surface area contributed by atoms with Crippen LogP contribution in [-0.2, 0) is 9.53 Å². The summed E-state index contributed by atoms with van der Waals surface area (Å²) in [6.07, 6.45) is 0. The molecule has 1 heterocycles. The van der Waals surface area contributed by atoms with E-state index in [1.54, 1.807) is 6.92 Å². The number of anilines is 1. The largest absolute Gasteiger partial charge is 0.477 e. The number of aryl methyl sites for hydroxylation is 1. The van der Waals surface area contributed by atoms with Crippen molar-refractivity contribution in [2.75, 3.05) is 18.5 Å². The summed E-state index contributed by atoms with van der Waals surface area (Å²) in [5, 5.41) is 13.3. The average molecular weight is 390 g/mol. The van der Waals surface area contributed by atoms with Crippen molar-refractivity contribution in [2.45, 2.75) is 20.8 Å². The van der Waals surface area contributed by atoms with Crippen molar-refractivity contribution in [1.29, 1.82) is 0 Å². The summed E-state index contributed by atoms with van der Waals surface area (Å²) in [6, 6.07) is 5.57. The van der Waals surface area contributed by atoms with Crippen LogP contribution in [0.3, 0.4) is 0 Å². The minimum atomic E-state index is -0.820. The SMILES string of the molecule is CCOC(=O)c1c(NC(=O)COc2ccccc2[N+](=O)[O-])oc(C)c1C(C)=O. The van der Waals surface area contributed by atoms with Gasteiger partial charge in [-0.1, -0.05) is 12.1 Å². The highest BCUT2D eigenvalue weighted by atomic mass is 16.6. The van der Waals surface area contributed by atoms with Crippen molar-refractivity contribution >= 4 is 29.2 Å². The van der Waals surface area contributed by atoms with Gasteiger partial charge in [0.15, 0.2) is 18.1 Å². The maximum Gasteiger partial charge on any atom is 0.344 e. The van der Waals surface area contributed by atoms with E-state index in [0.717, 1.165) is 0 Å². The van der Waals surface area contributed by atoms with Crippen LogP contribution >= 0.6 is 0 Å². The summed E-state index contributed by atoms with van der Waals surface area (Å²) < 4.78 is 15.4. The lowest BCUT2D eigenvalue weighted by atomic mass is 10.1. The number of nitro benzene ring substituents is 1. The Morgan fingerprint density at radius 1 is 1.21 bits per heavy atom. The van der Waals surface area contributed by atoms with E-state index in [0.29, 0.717) is 0 Å². The molecular weight excluding hydrogens is 372 g/mol. The zero-order valence-corrected chi connectivity index (χ0v) is 15.4. The molecule has 10 nitrogen and oxygen atoms in total. The van der Waals surface area contributed by atoms with Gasteiger partial charge >= 0.3 is 11.7 Å². The van der Waals surface area contributed by atoms with Crippen LogP contribution < -0.4 is 10.1 Å². The van der Waals surface area contributed by atoms with Crippen molar-refractivity contribution in [1.82, 2.24) is 0 Å². The molecule has 1 N–H and O–H groups in total. The second-order valence-electron chi connectivity index (χ2n) is 5.58. The maximum absolute atomic E-state index is 12.2. The summed E-state index contributed by atoms with van der Waals surface area (Å²) in [5.41, 5.74) is -0.477. The van der Waals surface area contributed by atoms with E-state index in [1.165, 1.54) is 38.1 Å². The number of nitrogens with one attached hydrogen (secondary N) is 1. The normalized spacial score (nSPS) is 10.2. The highest BCUT2D eigenvalue weighted by Crippen LogP contribution is 2.29. The van der Waals surface area contributed by atoms with E-state index in [2.05, 4.69) is 5.32 Å². The lowest BCUT2D eigenvalue weighted by Gasteiger charge is -2.08. The summed E-state index contributed by atoms with van der Waals surface area (Å²) >= 11 is 0. The van der Waals surface area contributed by atoms with Crippen molar-refractivity contribution in [3.05, 3.63) is 51.3 Å². The Balaban J connectivity index is 2.20. The van der Waals surface area contributed by atoms with Crippen molar-refractivity contribution in [2.24, 2.45) is 0 Å². The monoisotopic (exact) mass is 390 g/mol. The topological polar surface area (TPSA) is 138 Å². The van der Waals surface area contributed by atoms with Gasteiger partial charge in [0.1, 0.15) is 11.3 Å². The first-order valence-corrected chi connectivity index (χ1v) is 8.23. The van der Waals surface area contributed by atoms with Gasteiger partial charge in [-0.2, -0.15) is 0 Å². The fourth-order valence-electron chi connectivity index (χ4n) is 2.49. The molecule has 0 bridgehead atoms. The Labute approximate surface area is 159 Å². The summed E-state index contributed by atoms with van der Waals surface area (Å²) in [6.45, 7) is 3.80. The van der Waals surface area contributed by atoms with Crippen LogP contribution in [0.5, 0.6) is 5.75 Å². The van der Waals surface area contributed by atoms with Crippen LogP contribution in [0, 0.1) is 17.0 Å². The van der Waals surface area contributed by atoms with Crippen molar-refractivity contribution in [3.8, 4) is 5.75 Å². The number of hydrogen-bond donors (Lipinski definition) is 1. The molecule has 2 aromatic rings. The van der Waals surface area contributed by atoms with Crippen LogP contribution in [-0.4, -0.2) is 35.8 Å². The number of para-hydroxylation sites is 2. The molecule has 1 aromatic carbocycles. The second kappa shape index (κ2) is 8.80. The molecule has 0 unspecified atom stereocenters. The van der Waals surface area contributed by atoms with Crippen LogP contribution in [0.25, 0.3) is 0 Å². The Morgan fingerprint density at radius 2 is 1.89 bits per heavy atom. The van der Waals surface area contributed by atoms with E-state index < -0.39 is 29.2 Å². The minimum absolute atomic E-state index is 0.00775. The van der Waals surface area contributed by atoms with E-state index in [1.807, 2.05) is 0 Å². The summed E-state index contributed by atoms with van der Waals surface area (Å²) in [4.78, 5) is 46.5. The lowest BCUT2D eigenvalue weighted by Crippen LogP contribution is -2.22. The zero-order valence-electron chi connectivity index (χ0n) is 15.4. The smallest absolute Gasteiger partial charge is 0.344 e. The van der Waals surface area contributed by atoms with Gasteiger partial charge < -0.3 is 13.9 Å². The number of nitrogens with zero attached hydrogens (tertiary/aromatic N) is 1. The summed E-state index contributed by atoms with van der Waals surface area (Å²) in [7, 11) is 0. The standard InChI is InChI=1S/C18H18N2O8/c1-4-26-18(23)16-15(10(2)21)11(3)28-17(16)19-14(22)9-27-13-8-6-5-7-12(13)20(24)25/h5-8H,4,9H2,1-3H3,(H,19,22). The lowest BCUT2D eigenvalue weighted by molar-refractivity contribution is -0.385. The van der Waals surface area contributed by atoms with E-state index in [9.17, 15) is 24.5 Å². The number of ketones is 1. The first-order chi connectivity index (χ1) is 13.3. The van der Waals surface area contributed by atoms with Gasteiger partial charge in [-0.3, -0.25) is 25.0 Å². The summed E-state index contributed by atoms with van der Waals surface area (Å²) in [5.74, 6) is -2.19. The number of Topliss-reactive ketones (excluding diaryl/α,β-unsaturated/α-hetero) is 1. The third kappa shape index (κ3) is 4.53. The predicted molar refractivity (Wildman–Crippen MR) is 96.6 cm³/mol. The molecule has 0 saturated heterocycles. The fourth-order valence-corrected chi connectivity index (χ4v) is 2.49. The Kier molecular flexibility index (Phi) is 6.48. The van der Waals surface area contributed by atoms with E-state index in [-0.39, 0.29) is 40.8 Å². The Hall–Kier alpha value is -3.69. The molecule has 148 valence electrons. The first kappa shape index (κ1) is 20.6. The number of benzene rings is 1. The molecule has 0 aliphatic heterocycles. The number of hydrogen-bond acceptors (Lipinski definition) is 8. The quantitative estimate of drug-likeness (QED) is 0.314. The molecule has 0 spiro atoms. The number of furan rings is 1.